The van der Waals surface area contributed by atoms with Gasteiger partial charge in [0.1, 0.15) is 10.7 Å². The van der Waals surface area contributed by atoms with Gasteiger partial charge in [0, 0.05) is 17.5 Å². The van der Waals surface area contributed by atoms with Gasteiger partial charge in [0.05, 0.1) is 12.8 Å². The molecule has 0 spiro atoms. The molecular formula is C23H28FNO2S. The van der Waals surface area contributed by atoms with Crippen molar-refractivity contribution < 1.29 is 13.9 Å². The lowest BCUT2D eigenvalue weighted by Crippen LogP contribution is -2.45. The largest absolute Gasteiger partial charge is 0.465 e. The summed E-state index contributed by atoms with van der Waals surface area (Å²) in [4.78, 5) is 16.7. The summed E-state index contributed by atoms with van der Waals surface area (Å²) in [5.74, 6) is 0.192. The second-order valence-corrected chi connectivity index (χ2v) is 9.03. The van der Waals surface area contributed by atoms with Crippen molar-refractivity contribution in [2.24, 2.45) is 5.92 Å². The highest BCUT2D eigenvalue weighted by Crippen LogP contribution is 2.42. The van der Waals surface area contributed by atoms with Crippen molar-refractivity contribution in [3.05, 3.63) is 41.0 Å². The first-order valence-electron chi connectivity index (χ1n) is 10.4. The van der Waals surface area contributed by atoms with Crippen LogP contribution in [0.3, 0.4) is 0 Å². The van der Waals surface area contributed by atoms with Crippen LogP contribution >= 0.6 is 11.3 Å². The second kappa shape index (κ2) is 8.64. The van der Waals surface area contributed by atoms with E-state index in [1.807, 2.05) is 0 Å². The van der Waals surface area contributed by atoms with E-state index in [-0.39, 0.29) is 11.8 Å². The van der Waals surface area contributed by atoms with Crippen LogP contribution in [0.4, 0.5) is 10.1 Å². The number of ether oxygens (including phenoxy) is 1. The Labute approximate surface area is 170 Å². The summed E-state index contributed by atoms with van der Waals surface area (Å²) in [6, 6.07) is 9.12. The van der Waals surface area contributed by atoms with Crippen molar-refractivity contribution in [2.75, 3.05) is 18.6 Å². The smallest absolute Gasteiger partial charge is 0.350 e. The van der Waals surface area contributed by atoms with Crippen LogP contribution in [-0.2, 0) is 4.74 Å². The molecule has 5 heteroatoms. The first kappa shape index (κ1) is 19.4. The summed E-state index contributed by atoms with van der Waals surface area (Å²) < 4.78 is 18.4. The molecule has 3 nitrogen and oxygen atoms in total. The van der Waals surface area contributed by atoms with E-state index in [0.717, 1.165) is 29.1 Å². The maximum atomic E-state index is 13.3. The number of piperidine rings is 1. The molecule has 2 fully saturated rings. The van der Waals surface area contributed by atoms with Crippen molar-refractivity contribution in [1.82, 2.24) is 0 Å². The predicted molar refractivity (Wildman–Crippen MR) is 113 cm³/mol. The Morgan fingerprint density at radius 1 is 1.07 bits per heavy atom. The van der Waals surface area contributed by atoms with Crippen LogP contribution in [-0.4, -0.2) is 25.7 Å². The van der Waals surface area contributed by atoms with E-state index < -0.39 is 0 Å². The van der Waals surface area contributed by atoms with E-state index in [2.05, 4.69) is 11.0 Å². The van der Waals surface area contributed by atoms with Crippen LogP contribution < -0.4 is 4.90 Å². The number of carbonyl (C=O) groups excluding carboxylic acids is 1. The van der Waals surface area contributed by atoms with Crippen LogP contribution in [0.1, 0.15) is 61.0 Å². The number of hydrogen-bond donors (Lipinski definition) is 0. The Balaban J connectivity index is 1.71. The molecule has 1 aliphatic carbocycles. The molecule has 2 aromatic rings. The number of anilines is 1. The molecule has 28 heavy (non-hydrogen) atoms. The molecule has 0 radical (unpaired) electrons. The van der Waals surface area contributed by atoms with Gasteiger partial charge in [-0.1, -0.05) is 31.4 Å². The highest BCUT2D eigenvalue weighted by Gasteiger charge is 2.34. The molecule has 4 rings (SSSR count). The molecule has 1 aliphatic heterocycles. The third kappa shape index (κ3) is 3.95. The Morgan fingerprint density at radius 2 is 1.79 bits per heavy atom. The van der Waals surface area contributed by atoms with Crippen molar-refractivity contribution in [3.8, 4) is 10.4 Å². The molecular weight excluding hydrogens is 373 g/mol. The van der Waals surface area contributed by atoms with Crippen molar-refractivity contribution >= 4 is 23.0 Å². The fraction of sp³-hybridized carbons (Fsp3) is 0.522. The summed E-state index contributed by atoms with van der Waals surface area (Å²) in [7, 11) is 1.44. The number of methoxy groups -OCH3 is 1. The van der Waals surface area contributed by atoms with Crippen LogP contribution in [0.5, 0.6) is 0 Å². The molecule has 0 amide bonds. The van der Waals surface area contributed by atoms with Crippen molar-refractivity contribution in [3.63, 3.8) is 0 Å². The minimum Gasteiger partial charge on any atom is -0.465 e. The van der Waals surface area contributed by atoms with Gasteiger partial charge in [-0.05, 0) is 61.8 Å². The molecule has 1 aromatic carbocycles. The lowest BCUT2D eigenvalue weighted by atomic mass is 9.79. The molecule has 1 atom stereocenters. The summed E-state index contributed by atoms with van der Waals surface area (Å²) in [5, 5.41) is 0. The minimum absolute atomic E-state index is 0.248. The van der Waals surface area contributed by atoms with Gasteiger partial charge >= 0.3 is 5.97 Å². The van der Waals surface area contributed by atoms with Gasteiger partial charge in [-0.2, -0.15) is 0 Å². The molecule has 2 aliphatic rings. The van der Waals surface area contributed by atoms with Gasteiger partial charge < -0.3 is 9.64 Å². The fourth-order valence-electron chi connectivity index (χ4n) is 4.86. The summed E-state index contributed by atoms with van der Waals surface area (Å²) in [5.41, 5.74) is 1.94. The molecule has 1 saturated heterocycles. The first-order chi connectivity index (χ1) is 13.7. The van der Waals surface area contributed by atoms with Gasteiger partial charge in [-0.15, -0.1) is 11.3 Å². The molecule has 1 unspecified atom stereocenters. The lowest BCUT2D eigenvalue weighted by Gasteiger charge is -2.43. The number of nitrogens with zero attached hydrogens (tertiary/aromatic N) is 1. The Morgan fingerprint density at radius 3 is 2.50 bits per heavy atom. The Kier molecular flexibility index (Phi) is 6.00. The van der Waals surface area contributed by atoms with E-state index >= 15 is 0 Å². The van der Waals surface area contributed by atoms with E-state index in [1.54, 1.807) is 12.1 Å². The zero-order valence-corrected chi connectivity index (χ0v) is 17.3. The molecule has 2 heterocycles. The van der Waals surface area contributed by atoms with E-state index in [0.29, 0.717) is 16.8 Å². The molecule has 150 valence electrons. The third-order valence-corrected chi connectivity index (χ3v) is 7.42. The Hall–Kier alpha value is -1.88. The van der Waals surface area contributed by atoms with E-state index in [4.69, 9.17) is 4.74 Å². The molecule has 1 aromatic heterocycles. The lowest BCUT2D eigenvalue weighted by molar-refractivity contribution is 0.0606. The summed E-state index contributed by atoms with van der Waals surface area (Å²) >= 11 is 1.45. The van der Waals surface area contributed by atoms with Crippen LogP contribution in [0.25, 0.3) is 10.4 Å². The van der Waals surface area contributed by atoms with Gasteiger partial charge in [-0.25, -0.2) is 9.18 Å². The third-order valence-electron chi connectivity index (χ3n) is 6.26. The van der Waals surface area contributed by atoms with Gasteiger partial charge in [0.2, 0.25) is 0 Å². The van der Waals surface area contributed by atoms with Gasteiger partial charge in [-0.3, -0.25) is 0 Å². The summed E-state index contributed by atoms with van der Waals surface area (Å²) in [6.07, 6.45) is 10.2. The van der Waals surface area contributed by atoms with Crippen LogP contribution in [0, 0.1) is 11.7 Å². The monoisotopic (exact) mass is 401 g/mol. The number of esters is 1. The number of benzene rings is 1. The molecule has 1 saturated carbocycles. The van der Waals surface area contributed by atoms with Crippen LogP contribution in [0.2, 0.25) is 0 Å². The van der Waals surface area contributed by atoms with Crippen molar-refractivity contribution in [2.45, 2.75) is 57.4 Å². The Bertz CT molecular complexity index is 811. The number of hydrogen-bond acceptors (Lipinski definition) is 4. The van der Waals surface area contributed by atoms with Crippen molar-refractivity contribution in [1.29, 1.82) is 0 Å². The molecule has 0 N–H and O–H groups in total. The first-order valence-corrected chi connectivity index (χ1v) is 11.2. The normalized spacial score (nSPS) is 20.9. The zero-order chi connectivity index (χ0) is 19.5. The van der Waals surface area contributed by atoms with Gasteiger partial charge in [0.15, 0.2) is 0 Å². The number of carbonyl (C=O) groups is 1. The average Bonchev–Trinajstić information content (AvgIpc) is 3.19. The standard InChI is InChI=1S/C23H28FNO2S/c1-27-23(26)22-20(15-21(28-22)17-10-12-18(24)13-11-17)25-14-6-5-9-19(25)16-7-3-2-4-8-16/h10-13,15-16,19H,2-9,14H2,1H3. The maximum absolute atomic E-state index is 13.3. The number of rotatable bonds is 4. The number of thiophene rings is 1. The highest BCUT2D eigenvalue weighted by atomic mass is 32.1. The quantitative estimate of drug-likeness (QED) is 0.565. The zero-order valence-electron chi connectivity index (χ0n) is 16.5. The SMILES string of the molecule is COC(=O)c1sc(-c2ccc(F)cc2)cc1N1CCCCC1C1CCCCC1. The molecule has 0 bridgehead atoms. The van der Waals surface area contributed by atoms with E-state index in [1.165, 1.54) is 75.5 Å². The minimum atomic E-state index is -0.277. The average molecular weight is 402 g/mol. The fourth-order valence-corrected chi connectivity index (χ4v) is 5.95. The predicted octanol–water partition coefficient (Wildman–Crippen LogP) is 6.28. The van der Waals surface area contributed by atoms with Crippen LogP contribution in [0.15, 0.2) is 30.3 Å². The van der Waals surface area contributed by atoms with Gasteiger partial charge in [0.25, 0.3) is 0 Å². The second-order valence-electron chi connectivity index (χ2n) is 7.98. The topological polar surface area (TPSA) is 29.5 Å². The highest BCUT2D eigenvalue weighted by molar-refractivity contribution is 7.18. The number of halogens is 1. The maximum Gasteiger partial charge on any atom is 0.350 e. The summed E-state index contributed by atoms with van der Waals surface area (Å²) in [6.45, 7) is 0.991. The van der Waals surface area contributed by atoms with E-state index in [9.17, 15) is 9.18 Å².